The first-order valence-electron chi connectivity index (χ1n) is 5.99. The lowest BCUT2D eigenvalue weighted by molar-refractivity contribution is 0.226. The summed E-state index contributed by atoms with van der Waals surface area (Å²) in [6.45, 7) is 5.25. The Kier molecular flexibility index (Phi) is 4.18. The Morgan fingerprint density at radius 2 is 2.47 bits per heavy atom. The lowest BCUT2D eigenvalue weighted by Gasteiger charge is -2.32. The number of nitrogens with one attached hydrogen (secondary N) is 1. The van der Waals surface area contributed by atoms with Crippen LogP contribution in [0, 0.1) is 5.82 Å². The second kappa shape index (κ2) is 5.65. The quantitative estimate of drug-likeness (QED) is 0.903. The van der Waals surface area contributed by atoms with Crippen molar-refractivity contribution >= 4 is 17.4 Å². The molecule has 1 aromatic heterocycles. The zero-order valence-electron chi connectivity index (χ0n) is 9.92. The van der Waals surface area contributed by atoms with Crippen LogP contribution in [0.4, 0.5) is 10.2 Å². The van der Waals surface area contributed by atoms with Crippen molar-refractivity contribution in [1.29, 1.82) is 0 Å². The molecule has 0 aliphatic carbocycles. The van der Waals surface area contributed by atoms with Crippen molar-refractivity contribution in [3.63, 3.8) is 0 Å². The number of hydrogen-bond donors (Lipinski definition) is 1. The SMILES string of the molecule is CCN1CCCC(Nc2ncc(Cl)cc2F)C1. The largest absolute Gasteiger partial charge is 0.364 e. The van der Waals surface area contributed by atoms with Crippen LogP contribution in [-0.2, 0) is 0 Å². The number of aromatic nitrogens is 1. The van der Waals surface area contributed by atoms with E-state index >= 15 is 0 Å². The fourth-order valence-electron chi connectivity index (χ4n) is 2.17. The van der Waals surface area contributed by atoms with E-state index in [4.69, 9.17) is 11.6 Å². The standard InChI is InChI=1S/C12H17ClFN3/c1-2-17-5-3-4-10(8-17)16-12-11(14)6-9(13)7-15-12/h6-7,10H,2-5,8H2,1H3,(H,15,16). The van der Waals surface area contributed by atoms with E-state index in [0.717, 1.165) is 32.5 Å². The molecule has 1 atom stereocenters. The van der Waals surface area contributed by atoms with Gasteiger partial charge in [-0.05, 0) is 32.0 Å². The Morgan fingerprint density at radius 1 is 1.65 bits per heavy atom. The highest BCUT2D eigenvalue weighted by molar-refractivity contribution is 6.30. The van der Waals surface area contributed by atoms with E-state index in [1.807, 2.05) is 0 Å². The highest BCUT2D eigenvalue weighted by Crippen LogP contribution is 2.19. The zero-order valence-corrected chi connectivity index (χ0v) is 10.7. The zero-order chi connectivity index (χ0) is 12.3. The topological polar surface area (TPSA) is 28.2 Å². The minimum absolute atomic E-state index is 0.270. The predicted molar refractivity (Wildman–Crippen MR) is 68.0 cm³/mol. The van der Waals surface area contributed by atoms with Crippen LogP contribution in [0.2, 0.25) is 5.02 Å². The molecule has 0 aromatic carbocycles. The van der Waals surface area contributed by atoms with Crippen molar-refractivity contribution in [2.45, 2.75) is 25.8 Å². The molecule has 3 nitrogen and oxygen atoms in total. The molecule has 1 aromatic rings. The molecule has 1 saturated heterocycles. The third-order valence-electron chi connectivity index (χ3n) is 3.10. The number of pyridine rings is 1. The lowest BCUT2D eigenvalue weighted by Crippen LogP contribution is -2.42. The van der Waals surface area contributed by atoms with E-state index in [0.29, 0.717) is 10.8 Å². The van der Waals surface area contributed by atoms with Gasteiger partial charge in [0, 0.05) is 18.8 Å². The summed E-state index contributed by atoms with van der Waals surface area (Å²) in [7, 11) is 0. The van der Waals surface area contributed by atoms with E-state index in [-0.39, 0.29) is 11.9 Å². The van der Waals surface area contributed by atoms with Gasteiger partial charge in [0.05, 0.1) is 5.02 Å². The van der Waals surface area contributed by atoms with Gasteiger partial charge in [0.2, 0.25) is 0 Å². The average molecular weight is 258 g/mol. The fraction of sp³-hybridized carbons (Fsp3) is 0.583. The normalized spacial score (nSPS) is 21.5. The van der Waals surface area contributed by atoms with Crippen molar-refractivity contribution in [3.05, 3.63) is 23.1 Å². The first-order valence-corrected chi connectivity index (χ1v) is 6.36. The van der Waals surface area contributed by atoms with Gasteiger partial charge in [0.15, 0.2) is 11.6 Å². The first kappa shape index (κ1) is 12.6. The number of hydrogen-bond acceptors (Lipinski definition) is 3. The second-order valence-corrected chi connectivity index (χ2v) is 4.80. The number of anilines is 1. The van der Waals surface area contributed by atoms with Crippen LogP contribution in [0.15, 0.2) is 12.3 Å². The number of rotatable bonds is 3. The van der Waals surface area contributed by atoms with Gasteiger partial charge in [-0.2, -0.15) is 0 Å². The average Bonchev–Trinajstić information content (AvgIpc) is 2.33. The van der Waals surface area contributed by atoms with Gasteiger partial charge in [-0.3, -0.25) is 0 Å². The van der Waals surface area contributed by atoms with Gasteiger partial charge in [-0.1, -0.05) is 18.5 Å². The molecule has 0 spiro atoms. The van der Waals surface area contributed by atoms with Gasteiger partial charge in [0.1, 0.15) is 0 Å². The molecule has 94 valence electrons. The molecule has 1 aliphatic heterocycles. The fourth-order valence-corrected chi connectivity index (χ4v) is 2.32. The third-order valence-corrected chi connectivity index (χ3v) is 3.31. The highest BCUT2D eigenvalue weighted by atomic mass is 35.5. The third kappa shape index (κ3) is 3.30. The van der Waals surface area contributed by atoms with E-state index in [1.165, 1.54) is 12.3 Å². The van der Waals surface area contributed by atoms with Crippen LogP contribution in [-0.4, -0.2) is 35.6 Å². The minimum atomic E-state index is -0.383. The molecule has 17 heavy (non-hydrogen) atoms. The maximum Gasteiger partial charge on any atom is 0.166 e. The highest BCUT2D eigenvalue weighted by Gasteiger charge is 2.19. The molecule has 2 rings (SSSR count). The molecule has 0 saturated carbocycles. The van der Waals surface area contributed by atoms with Gasteiger partial charge in [-0.15, -0.1) is 0 Å². The van der Waals surface area contributed by atoms with E-state index in [2.05, 4.69) is 22.1 Å². The Labute approximate surface area is 106 Å². The second-order valence-electron chi connectivity index (χ2n) is 4.36. The summed E-state index contributed by atoms with van der Waals surface area (Å²) in [5, 5.41) is 3.48. The predicted octanol–water partition coefficient (Wildman–Crippen LogP) is 2.77. The number of likely N-dealkylation sites (tertiary alicyclic amines) is 1. The summed E-state index contributed by atoms with van der Waals surface area (Å²) in [5.74, 6) is -0.0801. The van der Waals surface area contributed by atoms with Crippen molar-refractivity contribution in [1.82, 2.24) is 9.88 Å². The van der Waals surface area contributed by atoms with Gasteiger partial charge in [-0.25, -0.2) is 9.37 Å². The van der Waals surface area contributed by atoms with Crippen molar-refractivity contribution in [3.8, 4) is 0 Å². The van der Waals surface area contributed by atoms with Gasteiger partial charge in [0.25, 0.3) is 0 Å². The summed E-state index contributed by atoms with van der Waals surface area (Å²) < 4.78 is 13.6. The Bertz CT molecular complexity index is 386. The minimum Gasteiger partial charge on any atom is -0.364 e. The van der Waals surface area contributed by atoms with Crippen LogP contribution in [0.5, 0.6) is 0 Å². The summed E-state index contributed by atoms with van der Waals surface area (Å²) in [4.78, 5) is 6.34. The summed E-state index contributed by atoms with van der Waals surface area (Å²) in [6, 6.07) is 1.56. The van der Waals surface area contributed by atoms with Crippen LogP contribution < -0.4 is 5.32 Å². The molecule has 1 aliphatic rings. The molecule has 5 heteroatoms. The number of piperidine rings is 1. The Morgan fingerprint density at radius 3 is 3.18 bits per heavy atom. The molecule has 1 fully saturated rings. The van der Waals surface area contributed by atoms with Crippen molar-refractivity contribution in [2.75, 3.05) is 25.0 Å². The lowest BCUT2D eigenvalue weighted by atomic mass is 10.1. The van der Waals surface area contributed by atoms with Crippen molar-refractivity contribution in [2.24, 2.45) is 0 Å². The van der Waals surface area contributed by atoms with Crippen LogP contribution in [0.25, 0.3) is 0 Å². The molecule has 2 heterocycles. The van der Waals surface area contributed by atoms with Crippen molar-refractivity contribution < 1.29 is 4.39 Å². The van der Waals surface area contributed by atoms with Crippen LogP contribution >= 0.6 is 11.6 Å². The maximum absolute atomic E-state index is 13.6. The Hall–Kier alpha value is -0.870. The number of nitrogens with zero attached hydrogens (tertiary/aromatic N) is 2. The first-order chi connectivity index (χ1) is 8.19. The monoisotopic (exact) mass is 257 g/mol. The van der Waals surface area contributed by atoms with E-state index < -0.39 is 0 Å². The van der Waals surface area contributed by atoms with Gasteiger partial charge < -0.3 is 10.2 Å². The molecular formula is C12H17ClFN3. The summed E-state index contributed by atoms with van der Waals surface area (Å²) in [5.41, 5.74) is 0. The summed E-state index contributed by atoms with van der Waals surface area (Å²) >= 11 is 5.67. The van der Waals surface area contributed by atoms with E-state index in [9.17, 15) is 4.39 Å². The smallest absolute Gasteiger partial charge is 0.166 e. The molecule has 0 bridgehead atoms. The van der Waals surface area contributed by atoms with Crippen LogP contribution in [0.3, 0.4) is 0 Å². The number of halogens is 2. The molecule has 1 N–H and O–H groups in total. The number of likely N-dealkylation sites (N-methyl/N-ethyl adjacent to an activating group) is 1. The summed E-state index contributed by atoms with van der Waals surface area (Å²) in [6.07, 6.45) is 3.66. The Balaban J connectivity index is 2.00. The molecule has 0 amide bonds. The molecular weight excluding hydrogens is 241 g/mol. The maximum atomic E-state index is 13.6. The van der Waals surface area contributed by atoms with E-state index in [1.54, 1.807) is 0 Å². The van der Waals surface area contributed by atoms with Crippen LogP contribution in [0.1, 0.15) is 19.8 Å². The molecule has 0 radical (unpaired) electrons. The van der Waals surface area contributed by atoms with Gasteiger partial charge >= 0.3 is 0 Å². The molecule has 1 unspecified atom stereocenters.